The molecule has 2 aliphatic carbocycles. The lowest BCUT2D eigenvalue weighted by Gasteiger charge is -2.29. The summed E-state index contributed by atoms with van der Waals surface area (Å²) in [4.78, 5) is 36.2. The van der Waals surface area contributed by atoms with Gasteiger partial charge in [-0.1, -0.05) is 61.4 Å². The number of alkyl halides is 2. The van der Waals surface area contributed by atoms with Crippen molar-refractivity contribution in [2.45, 2.75) is 56.5 Å². The van der Waals surface area contributed by atoms with E-state index in [1.165, 1.54) is 0 Å². The van der Waals surface area contributed by atoms with Gasteiger partial charge in [0.15, 0.2) is 0 Å². The summed E-state index contributed by atoms with van der Waals surface area (Å²) in [6.45, 7) is -0.0373. The molecule has 3 unspecified atom stereocenters. The van der Waals surface area contributed by atoms with Crippen LogP contribution in [0.5, 0.6) is 0 Å². The van der Waals surface area contributed by atoms with E-state index in [4.69, 9.17) is 4.74 Å². The summed E-state index contributed by atoms with van der Waals surface area (Å²) in [5.74, 6) is -2.71. The number of nitrogens with one attached hydrogen (secondary N) is 2. The molecule has 1 fully saturated rings. The van der Waals surface area contributed by atoms with E-state index in [0.29, 0.717) is 12.8 Å². The second kappa shape index (κ2) is 10.8. The molecule has 0 heterocycles. The van der Waals surface area contributed by atoms with Crippen LogP contribution in [0.15, 0.2) is 48.5 Å². The fraction of sp³-hybridized carbons (Fsp3) is 0.423. The van der Waals surface area contributed by atoms with Gasteiger partial charge in [0.1, 0.15) is 12.6 Å². The van der Waals surface area contributed by atoms with Crippen LogP contribution < -0.4 is 10.6 Å². The summed E-state index contributed by atoms with van der Waals surface area (Å²) in [6.07, 6.45) is -2.31. The Bertz CT molecular complexity index is 1050. The van der Waals surface area contributed by atoms with Crippen LogP contribution in [0.2, 0.25) is 0 Å². The largest absolute Gasteiger partial charge is 0.481 e. The van der Waals surface area contributed by atoms with E-state index >= 15 is 0 Å². The first-order valence-electron chi connectivity index (χ1n) is 11.8. The standard InChI is InChI=1S/C26H28F2N2O5/c27-24(28)22(13-23(31)29-21-12-6-5-11-19(21)25(32)33)30-26(34)35-14-20-17-9-3-1-7-15(17)16-8-2-4-10-18(16)20/h1-4,7-10,19-22,24H,5-6,11-14H2,(H,29,31)(H,30,34)(H,32,33). The monoisotopic (exact) mass is 486 g/mol. The number of hydrogen-bond acceptors (Lipinski definition) is 4. The number of carbonyl (C=O) groups is 3. The Balaban J connectivity index is 1.34. The fourth-order valence-electron chi connectivity index (χ4n) is 5.06. The molecule has 0 aliphatic heterocycles. The molecular formula is C26H28F2N2O5. The van der Waals surface area contributed by atoms with E-state index in [1.807, 2.05) is 48.5 Å². The van der Waals surface area contributed by atoms with Crippen LogP contribution in [0.25, 0.3) is 11.1 Å². The van der Waals surface area contributed by atoms with Gasteiger partial charge in [-0.2, -0.15) is 0 Å². The van der Waals surface area contributed by atoms with Crippen LogP contribution in [-0.2, 0) is 14.3 Å². The summed E-state index contributed by atoms with van der Waals surface area (Å²) in [5, 5.41) is 14.0. The Morgan fingerprint density at radius 2 is 1.57 bits per heavy atom. The summed E-state index contributed by atoms with van der Waals surface area (Å²) >= 11 is 0. The maximum Gasteiger partial charge on any atom is 0.407 e. The lowest BCUT2D eigenvalue weighted by Crippen LogP contribution is -2.49. The van der Waals surface area contributed by atoms with Gasteiger partial charge < -0.3 is 20.5 Å². The minimum atomic E-state index is -3.00. The zero-order chi connectivity index (χ0) is 24.9. The van der Waals surface area contributed by atoms with Crippen LogP contribution in [0, 0.1) is 5.92 Å². The molecule has 4 rings (SSSR count). The number of carboxylic acids is 1. The van der Waals surface area contributed by atoms with Crippen molar-refractivity contribution in [3.05, 3.63) is 59.7 Å². The molecule has 2 aromatic carbocycles. The molecule has 3 N–H and O–H groups in total. The molecule has 2 aromatic rings. The smallest absolute Gasteiger partial charge is 0.407 e. The fourth-order valence-corrected chi connectivity index (χ4v) is 5.06. The van der Waals surface area contributed by atoms with Gasteiger partial charge in [0.25, 0.3) is 6.43 Å². The lowest BCUT2D eigenvalue weighted by molar-refractivity contribution is -0.144. The first-order chi connectivity index (χ1) is 16.8. The summed E-state index contributed by atoms with van der Waals surface area (Å²) in [7, 11) is 0. The molecule has 2 amide bonds. The van der Waals surface area contributed by atoms with Gasteiger partial charge in [0.2, 0.25) is 5.91 Å². The van der Waals surface area contributed by atoms with Gasteiger partial charge in [0.05, 0.1) is 12.3 Å². The summed E-state index contributed by atoms with van der Waals surface area (Å²) in [5.41, 5.74) is 4.07. The highest BCUT2D eigenvalue weighted by Gasteiger charge is 2.34. The molecule has 35 heavy (non-hydrogen) atoms. The van der Waals surface area contributed by atoms with E-state index in [1.54, 1.807) is 0 Å². The van der Waals surface area contributed by atoms with Crippen LogP contribution in [0.3, 0.4) is 0 Å². The number of aliphatic carboxylic acids is 1. The van der Waals surface area contributed by atoms with Crippen molar-refractivity contribution in [3.8, 4) is 11.1 Å². The number of hydrogen-bond donors (Lipinski definition) is 3. The maximum absolute atomic E-state index is 13.6. The summed E-state index contributed by atoms with van der Waals surface area (Å²) < 4.78 is 32.5. The van der Waals surface area contributed by atoms with E-state index in [-0.39, 0.29) is 12.5 Å². The third-order valence-electron chi connectivity index (χ3n) is 6.79. The SMILES string of the molecule is O=C(CC(NC(=O)OCC1c2ccccc2-c2ccccc21)C(F)F)NC1CCCCC1C(=O)O. The number of ether oxygens (including phenoxy) is 1. The van der Waals surface area contributed by atoms with Crippen LogP contribution >= 0.6 is 0 Å². The van der Waals surface area contributed by atoms with Crippen LogP contribution in [0.4, 0.5) is 13.6 Å². The molecule has 9 heteroatoms. The third kappa shape index (κ3) is 5.61. The predicted octanol–water partition coefficient (Wildman–Crippen LogP) is 4.31. The molecule has 186 valence electrons. The van der Waals surface area contributed by atoms with Crippen LogP contribution in [-0.4, -0.2) is 48.2 Å². The number of rotatable bonds is 8. The Labute approximate surface area is 201 Å². The average Bonchev–Trinajstić information content (AvgIpc) is 3.16. The highest BCUT2D eigenvalue weighted by atomic mass is 19.3. The molecule has 0 saturated heterocycles. The Morgan fingerprint density at radius 1 is 0.971 bits per heavy atom. The molecule has 3 atom stereocenters. The van der Waals surface area contributed by atoms with Gasteiger partial charge in [-0.05, 0) is 35.1 Å². The van der Waals surface area contributed by atoms with E-state index < -0.39 is 48.8 Å². The third-order valence-corrected chi connectivity index (χ3v) is 6.79. The molecule has 1 saturated carbocycles. The van der Waals surface area contributed by atoms with Crippen LogP contribution in [0.1, 0.15) is 49.1 Å². The highest BCUT2D eigenvalue weighted by molar-refractivity contribution is 5.80. The summed E-state index contributed by atoms with van der Waals surface area (Å²) in [6, 6.07) is 13.1. The lowest BCUT2D eigenvalue weighted by atomic mass is 9.84. The number of halogens is 2. The Kier molecular flexibility index (Phi) is 7.63. The second-order valence-electron chi connectivity index (χ2n) is 9.02. The minimum absolute atomic E-state index is 0.0373. The van der Waals surface area contributed by atoms with Crippen molar-refractivity contribution in [1.29, 1.82) is 0 Å². The minimum Gasteiger partial charge on any atom is -0.481 e. The molecule has 0 aromatic heterocycles. The molecule has 0 spiro atoms. The van der Waals surface area contributed by atoms with Gasteiger partial charge in [-0.25, -0.2) is 13.6 Å². The van der Waals surface area contributed by atoms with Gasteiger partial charge >= 0.3 is 12.1 Å². The first-order valence-corrected chi connectivity index (χ1v) is 11.8. The zero-order valence-corrected chi connectivity index (χ0v) is 19.1. The van der Waals surface area contributed by atoms with E-state index in [9.17, 15) is 28.3 Å². The first kappa shape index (κ1) is 24.6. The topological polar surface area (TPSA) is 105 Å². The number of benzene rings is 2. The van der Waals surface area contributed by atoms with Crippen molar-refractivity contribution < 1.29 is 33.0 Å². The number of fused-ring (bicyclic) bond motifs is 3. The highest BCUT2D eigenvalue weighted by Crippen LogP contribution is 2.44. The van der Waals surface area contributed by atoms with E-state index in [2.05, 4.69) is 10.6 Å². The maximum atomic E-state index is 13.6. The number of amides is 2. The molecule has 0 radical (unpaired) electrons. The quantitative estimate of drug-likeness (QED) is 0.516. The number of alkyl carbamates (subject to hydrolysis) is 1. The molecule has 2 aliphatic rings. The molecule has 7 nitrogen and oxygen atoms in total. The zero-order valence-electron chi connectivity index (χ0n) is 19.1. The van der Waals surface area contributed by atoms with Crippen molar-refractivity contribution >= 4 is 18.0 Å². The van der Waals surface area contributed by atoms with Gasteiger partial charge in [-0.3, -0.25) is 9.59 Å². The van der Waals surface area contributed by atoms with Gasteiger partial charge in [0, 0.05) is 12.0 Å². The number of carbonyl (C=O) groups excluding carboxylic acids is 2. The van der Waals surface area contributed by atoms with Crippen molar-refractivity contribution in [2.24, 2.45) is 5.92 Å². The van der Waals surface area contributed by atoms with Crippen molar-refractivity contribution in [3.63, 3.8) is 0 Å². The molecular weight excluding hydrogens is 458 g/mol. The Morgan fingerprint density at radius 3 is 2.17 bits per heavy atom. The van der Waals surface area contributed by atoms with Gasteiger partial charge in [-0.15, -0.1) is 0 Å². The predicted molar refractivity (Wildman–Crippen MR) is 124 cm³/mol. The van der Waals surface area contributed by atoms with Crippen molar-refractivity contribution in [1.82, 2.24) is 10.6 Å². The number of carboxylic acid groups (broad SMARTS) is 1. The molecule has 0 bridgehead atoms. The van der Waals surface area contributed by atoms with E-state index in [0.717, 1.165) is 35.1 Å². The van der Waals surface area contributed by atoms with Crippen molar-refractivity contribution in [2.75, 3.05) is 6.61 Å². The Hall–Kier alpha value is -3.49. The average molecular weight is 487 g/mol. The normalized spacial score (nSPS) is 20.0. The second-order valence-corrected chi connectivity index (χ2v) is 9.02.